The highest BCUT2D eigenvalue weighted by Crippen LogP contribution is 2.08. The van der Waals surface area contributed by atoms with E-state index in [-0.39, 0.29) is 18.0 Å². The maximum Gasteiger partial charge on any atom is 0.269 e. The molecule has 0 fully saturated rings. The van der Waals surface area contributed by atoms with Gasteiger partial charge in [0.1, 0.15) is 18.3 Å². The van der Waals surface area contributed by atoms with E-state index in [1.165, 1.54) is 6.33 Å². The van der Waals surface area contributed by atoms with E-state index in [0.29, 0.717) is 12.2 Å². The van der Waals surface area contributed by atoms with E-state index in [0.717, 1.165) is 0 Å². The van der Waals surface area contributed by atoms with Gasteiger partial charge in [-0.2, -0.15) is 10.2 Å². The van der Waals surface area contributed by atoms with E-state index in [2.05, 4.69) is 20.5 Å². The summed E-state index contributed by atoms with van der Waals surface area (Å²) < 4.78 is 3.39. The quantitative estimate of drug-likeness (QED) is 0.867. The number of carbonyl (C=O) groups excluding carboxylic acids is 1. The number of hydrogen-bond donors (Lipinski definition) is 1. The van der Waals surface area contributed by atoms with E-state index in [4.69, 9.17) is 0 Å². The van der Waals surface area contributed by atoms with Crippen LogP contribution in [0, 0.1) is 0 Å². The van der Waals surface area contributed by atoms with Gasteiger partial charge in [-0.1, -0.05) is 0 Å². The van der Waals surface area contributed by atoms with Gasteiger partial charge >= 0.3 is 0 Å². The minimum absolute atomic E-state index is 0.0373. The van der Waals surface area contributed by atoms with Crippen molar-refractivity contribution in [2.45, 2.75) is 39.4 Å². The fraction of sp³-hybridized carbons (Fsp3) is 0.500. The highest BCUT2D eigenvalue weighted by atomic mass is 16.2. The predicted octanol–water partition coefficient (Wildman–Crippen LogP) is 0.874. The Labute approximate surface area is 111 Å². The van der Waals surface area contributed by atoms with Crippen molar-refractivity contribution >= 4 is 5.91 Å². The maximum atomic E-state index is 12.2. The Balaban J connectivity index is 1.98. The Morgan fingerprint density at radius 1 is 1.37 bits per heavy atom. The summed E-state index contributed by atoms with van der Waals surface area (Å²) in [4.78, 5) is 16.0. The molecule has 19 heavy (non-hydrogen) atoms. The van der Waals surface area contributed by atoms with E-state index < -0.39 is 0 Å². The van der Waals surface area contributed by atoms with Crippen LogP contribution < -0.4 is 5.32 Å². The molecule has 2 rings (SSSR count). The molecule has 2 aromatic heterocycles. The largest absolute Gasteiger partial charge is 0.346 e. The van der Waals surface area contributed by atoms with Gasteiger partial charge < -0.3 is 5.32 Å². The summed E-state index contributed by atoms with van der Waals surface area (Å²) in [5.41, 5.74) is 0.570. The van der Waals surface area contributed by atoms with Crippen molar-refractivity contribution in [3.05, 3.63) is 30.6 Å². The first kappa shape index (κ1) is 13.3. The number of hydrogen-bond acceptors (Lipinski definition) is 4. The standard InChI is InChI=1S/C12H18N6O/c1-9(2)18-11(4-5-14-18)12(19)16-10(3)6-17-8-13-7-15-17/h4-5,7-10H,6H2,1-3H3,(H,16,19). The summed E-state index contributed by atoms with van der Waals surface area (Å²) in [5, 5.41) is 11.1. The molecule has 1 unspecified atom stereocenters. The van der Waals surface area contributed by atoms with Gasteiger partial charge in [0, 0.05) is 18.3 Å². The zero-order valence-electron chi connectivity index (χ0n) is 11.3. The lowest BCUT2D eigenvalue weighted by atomic mass is 10.3. The fourth-order valence-corrected chi connectivity index (χ4v) is 1.86. The lowest BCUT2D eigenvalue weighted by Gasteiger charge is -2.15. The van der Waals surface area contributed by atoms with Crippen molar-refractivity contribution in [2.24, 2.45) is 0 Å². The summed E-state index contributed by atoms with van der Waals surface area (Å²) in [6, 6.07) is 1.84. The van der Waals surface area contributed by atoms with Crippen molar-refractivity contribution in [1.82, 2.24) is 29.9 Å². The number of carbonyl (C=O) groups is 1. The Bertz CT molecular complexity index is 530. The summed E-state index contributed by atoms with van der Waals surface area (Å²) >= 11 is 0. The third kappa shape index (κ3) is 3.18. The molecule has 0 spiro atoms. The van der Waals surface area contributed by atoms with Crippen molar-refractivity contribution in [1.29, 1.82) is 0 Å². The Hall–Kier alpha value is -2.18. The highest BCUT2D eigenvalue weighted by Gasteiger charge is 2.16. The first-order chi connectivity index (χ1) is 9.08. The molecule has 0 radical (unpaired) electrons. The molecule has 102 valence electrons. The number of rotatable bonds is 5. The second-order valence-corrected chi connectivity index (χ2v) is 4.75. The fourth-order valence-electron chi connectivity index (χ4n) is 1.86. The van der Waals surface area contributed by atoms with E-state index in [1.54, 1.807) is 28.0 Å². The van der Waals surface area contributed by atoms with Gasteiger partial charge in [0.2, 0.25) is 0 Å². The van der Waals surface area contributed by atoms with Gasteiger partial charge in [0.15, 0.2) is 0 Å². The van der Waals surface area contributed by atoms with Gasteiger partial charge in [0.25, 0.3) is 5.91 Å². The smallest absolute Gasteiger partial charge is 0.269 e. The number of amides is 1. The molecule has 1 amide bonds. The molecule has 1 atom stereocenters. The predicted molar refractivity (Wildman–Crippen MR) is 69.6 cm³/mol. The number of nitrogens with zero attached hydrogens (tertiary/aromatic N) is 5. The summed E-state index contributed by atoms with van der Waals surface area (Å²) in [6.07, 6.45) is 4.74. The molecule has 2 heterocycles. The van der Waals surface area contributed by atoms with Crippen molar-refractivity contribution < 1.29 is 4.79 Å². The van der Waals surface area contributed by atoms with Crippen LogP contribution >= 0.6 is 0 Å². The molecule has 0 saturated carbocycles. The normalized spacial score (nSPS) is 12.6. The van der Waals surface area contributed by atoms with Gasteiger partial charge in [-0.3, -0.25) is 14.2 Å². The molecule has 1 N–H and O–H groups in total. The molecule has 7 nitrogen and oxygen atoms in total. The lowest BCUT2D eigenvalue weighted by Crippen LogP contribution is -2.37. The van der Waals surface area contributed by atoms with Crippen LogP contribution in [0.1, 0.15) is 37.3 Å². The van der Waals surface area contributed by atoms with Crippen LogP contribution in [0.15, 0.2) is 24.9 Å². The zero-order chi connectivity index (χ0) is 13.8. The van der Waals surface area contributed by atoms with Crippen molar-refractivity contribution in [3.63, 3.8) is 0 Å². The summed E-state index contributed by atoms with van der Waals surface area (Å²) in [5.74, 6) is -0.126. The highest BCUT2D eigenvalue weighted by molar-refractivity contribution is 5.92. The SMILES string of the molecule is CC(Cn1cncn1)NC(=O)c1ccnn1C(C)C. The Morgan fingerprint density at radius 2 is 2.16 bits per heavy atom. The minimum Gasteiger partial charge on any atom is -0.346 e. The molecule has 0 bridgehead atoms. The molecule has 0 saturated heterocycles. The average Bonchev–Trinajstić information content (AvgIpc) is 2.97. The molecular formula is C12H18N6O. The van der Waals surface area contributed by atoms with E-state index in [1.807, 2.05) is 20.8 Å². The number of nitrogens with one attached hydrogen (secondary N) is 1. The topological polar surface area (TPSA) is 77.6 Å². The molecule has 0 aromatic carbocycles. The first-order valence-corrected chi connectivity index (χ1v) is 6.24. The Morgan fingerprint density at radius 3 is 2.79 bits per heavy atom. The van der Waals surface area contributed by atoms with Gasteiger partial charge in [-0.05, 0) is 26.8 Å². The Kier molecular flexibility index (Phi) is 3.94. The van der Waals surface area contributed by atoms with Crippen LogP contribution in [-0.4, -0.2) is 36.5 Å². The first-order valence-electron chi connectivity index (χ1n) is 6.24. The second-order valence-electron chi connectivity index (χ2n) is 4.75. The molecule has 2 aromatic rings. The minimum atomic E-state index is -0.126. The van der Waals surface area contributed by atoms with Crippen molar-refractivity contribution in [2.75, 3.05) is 0 Å². The zero-order valence-corrected chi connectivity index (χ0v) is 11.3. The van der Waals surface area contributed by atoms with Crippen LogP contribution in [0.3, 0.4) is 0 Å². The van der Waals surface area contributed by atoms with E-state index >= 15 is 0 Å². The summed E-state index contributed by atoms with van der Waals surface area (Å²) in [7, 11) is 0. The number of aromatic nitrogens is 5. The van der Waals surface area contributed by atoms with E-state index in [9.17, 15) is 4.79 Å². The third-order valence-electron chi connectivity index (χ3n) is 2.70. The van der Waals surface area contributed by atoms with Crippen LogP contribution in [0.5, 0.6) is 0 Å². The molecule has 7 heteroatoms. The van der Waals surface area contributed by atoms with Crippen LogP contribution in [0.4, 0.5) is 0 Å². The van der Waals surface area contributed by atoms with Crippen LogP contribution in [0.25, 0.3) is 0 Å². The molecule has 0 aliphatic rings. The third-order valence-corrected chi connectivity index (χ3v) is 2.70. The van der Waals surface area contributed by atoms with Gasteiger partial charge in [-0.15, -0.1) is 0 Å². The average molecular weight is 262 g/mol. The maximum absolute atomic E-state index is 12.2. The molecule has 0 aliphatic carbocycles. The molecular weight excluding hydrogens is 244 g/mol. The van der Waals surface area contributed by atoms with Crippen molar-refractivity contribution in [3.8, 4) is 0 Å². The van der Waals surface area contributed by atoms with Gasteiger partial charge in [-0.25, -0.2) is 4.98 Å². The van der Waals surface area contributed by atoms with Crippen LogP contribution in [0.2, 0.25) is 0 Å². The monoisotopic (exact) mass is 262 g/mol. The van der Waals surface area contributed by atoms with Gasteiger partial charge in [0.05, 0.1) is 6.54 Å². The van der Waals surface area contributed by atoms with Crippen LogP contribution in [-0.2, 0) is 6.54 Å². The summed E-state index contributed by atoms with van der Waals surface area (Å²) in [6.45, 7) is 6.49. The molecule has 0 aliphatic heterocycles. The second kappa shape index (κ2) is 5.64. The lowest BCUT2D eigenvalue weighted by molar-refractivity contribution is 0.0923.